The van der Waals surface area contributed by atoms with E-state index in [1.165, 1.54) is 11.1 Å². The molecule has 1 fully saturated rings. The maximum Gasteiger partial charge on any atom is 0.246 e. The molecular weight excluding hydrogens is 252 g/mol. The summed E-state index contributed by atoms with van der Waals surface area (Å²) in [6, 6.07) is 8.53. The molecule has 4 heteroatoms. The molecule has 0 saturated carbocycles. The Bertz CT molecular complexity index is 497. The fraction of sp³-hybridized carbons (Fsp3) is 0.562. The Hall–Kier alpha value is -1.39. The van der Waals surface area contributed by atoms with Crippen molar-refractivity contribution in [3.8, 4) is 0 Å². The minimum atomic E-state index is -0.165. The molecule has 0 bridgehead atoms. The van der Waals surface area contributed by atoms with Crippen LogP contribution in [0.5, 0.6) is 0 Å². The van der Waals surface area contributed by atoms with Crippen molar-refractivity contribution in [3.05, 3.63) is 35.4 Å². The summed E-state index contributed by atoms with van der Waals surface area (Å²) in [5.41, 5.74) is 2.46. The molecule has 4 nitrogen and oxygen atoms in total. The highest BCUT2D eigenvalue weighted by Gasteiger charge is 2.33. The number of hydrogen-bond donors (Lipinski definition) is 2. The van der Waals surface area contributed by atoms with Gasteiger partial charge in [0.25, 0.3) is 0 Å². The summed E-state index contributed by atoms with van der Waals surface area (Å²) in [6.45, 7) is 3.84. The Morgan fingerprint density at radius 1 is 1.45 bits per heavy atom. The van der Waals surface area contributed by atoms with Gasteiger partial charge in [0.05, 0.1) is 11.6 Å². The molecule has 1 amide bonds. The lowest BCUT2D eigenvalue weighted by molar-refractivity contribution is -0.136. The summed E-state index contributed by atoms with van der Waals surface area (Å²) < 4.78 is 5.68. The van der Waals surface area contributed by atoms with Crippen LogP contribution in [-0.4, -0.2) is 31.2 Å². The van der Waals surface area contributed by atoms with Crippen LogP contribution in [0.3, 0.4) is 0 Å². The Morgan fingerprint density at radius 3 is 3.00 bits per heavy atom. The van der Waals surface area contributed by atoms with Gasteiger partial charge in [-0.3, -0.25) is 4.79 Å². The minimum absolute atomic E-state index is 0.0140. The first-order valence-corrected chi connectivity index (χ1v) is 7.38. The minimum Gasteiger partial charge on any atom is -0.363 e. The number of carbonyl (C=O) groups excluding carboxylic acids is 1. The highest BCUT2D eigenvalue weighted by atomic mass is 16.5. The third-order valence-electron chi connectivity index (χ3n) is 4.25. The molecule has 1 aromatic carbocycles. The molecule has 1 unspecified atom stereocenters. The topological polar surface area (TPSA) is 50.4 Å². The largest absolute Gasteiger partial charge is 0.363 e. The molecule has 2 N–H and O–H groups in total. The Morgan fingerprint density at radius 2 is 2.25 bits per heavy atom. The first kappa shape index (κ1) is 13.6. The second-order valence-corrected chi connectivity index (χ2v) is 6.05. The Balaban J connectivity index is 1.57. The lowest BCUT2D eigenvalue weighted by Crippen LogP contribution is -2.59. The van der Waals surface area contributed by atoms with Crippen LogP contribution in [0.4, 0.5) is 0 Å². The average Bonchev–Trinajstić information content (AvgIpc) is 2.43. The van der Waals surface area contributed by atoms with Crippen molar-refractivity contribution in [2.24, 2.45) is 0 Å². The van der Waals surface area contributed by atoms with Crippen LogP contribution in [0.25, 0.3) is 0 Å². The smallest absolute Gasteiger partial charge is 0.246 e. The number of aryl methyl sites for hydroxylation is 1. The average molecular weight is 274 g/mol. The normalized spacial score (nSPS) is 23.6. The van der Waals surface area contributed by atoms with Gasteiger partial charge in [0.1, 0.15) is 6.61 Å². The van der Waals surface area contributed by atoms with E-state index in [1.807, 2.05) is 13.0 Å². The molecule has 1 saturated heterocycles. The van der Waals surface area contributed by atoms with Gasteiger partial charge >= 0.3 is 0 Å². The third kappa shape index (κ3) is 2.86. The molecule has 0 radical (unpaired) electrons. The van der Waals surface area contributed by atoms with E-state index in [9.17, 15) is 4.79 Å². The molecule has 1 aromatic rings. The van der Waals surface area contributed by atoms with E-state index in [1.54, 1.807) is 0 Å². The van der Waals surface area contributed by atoms with Crippen LogP contribution in [0, 0.1) is 0 Å². The predicted molar refractivity (Wildman–Crippen MR) is 77.5 cm³/mol. The van der Waals surface area contributed by atoms with Crippen LogP contribution in [0.1, 0.15) is 36.9 Å². The molecule has 1 aliphatic carbocycles. The van der Waals surface area contributed by atoms with Crippen molar-refractivity contribution < 1.29 is 9.53 Å². The van der Waals surface area contributed by atoms with Crippen LogP contribution in [0.2, 0.25) is 0 Å². The molecule has 1 atom stereocenters. The van der Waals surface area contributed by atoms with E-state index in [0.29, 0.717) is 0 Å². The fourth-order valence-corrected chi connectivity index (χ4v) is 2.96. The SMILES string of the molecule is CC1(OCC(=O)NC2CCCc3ccccc32)CNC1. The van der Waals surface area contributed by atoms with Gasteiger partial charge in [-0.2, -0.15) is 0 Å². The Kier molecular flexibility index (Phi) is 3.76. The van der Waals surface area contributed by atoms with Crippen LogP contribution in [0.15, 0.2) is 24.3 Å². The zero-order valence-electron chi connectivity index (χ0n) is 11.9. The summed E-state index contributed by atoms with van der Waals surface area (Å²) in [5, 5.41) is 6.27. The van der Waals surface area contributed by atoms with E-state index >= 15 is 0 Å². The first-order valence-electron chi connectivity index (χ1n) is 7.38. The van der Waals surface area contributed by atoms with Crippen molar-refractivity contribution in [1.29, 1.82) is 0 Å². The van der Waals surface area contributed by atoms with E-state index in [-0.39, 0.29) is 24.2 Å². The van der Waals surface area contributed by atoms with Gasteiger partial charge in [0.15, 0.2) is 0 Å². The second kappa shape index (κ2) is 5.54. The summed E-state index contributed by atoms with van der Waals surface area (Å²) in [6.07, 6.45) is 3.26. The zero-order chi connectivity index (χ0) is 14.0. The number of benzene rings is 1. The van der Waals surface area contributed by atoms with Crippen molar-refractivity contribution >= 4 is 5.91 Å². The predicted octanol–water partition coefficient (Wildman–Crippen LogP) is 1.56. The molecule has 1 aliphatic heterocycles. The van der Waals surface area contributed by atoms with Gasteiger partial charge in [-0.05, 0) is 37.3 Å². The van der Waals surface area contributed by atoms with Crippen molar-refractivity contribution in [2.45, 2.75) is 37.8 Å². The van der Waals surface area contributed by atoms with E-state index in [2.05, 4.69) is 28.8 Å². The highest BCUT2D eigenvalue weighted by Crippen LogP contribution is 2.29. The van der Waals surface area contributed by atoms with Crippen molar-refractivity contribution in [2.75, 3.05) is 19.7 Å². The lowest BCUT2D eigenvalue weighted by Gasteiger charge is -2.39. The van der Waals surface area contributed by atoms with E-state index in [4.69, 9.17) is 4.74 Å². The van der Waals surface area contributed by atoms with Gasteiger partial charge in [-0.15, -0.1) is 0 Å². The van der Waals surface area contributed by atoms with Gasteiger partial charge in [0, 0.05) is 13.1 Å². The number of nitrogens with one attached hydrogen (secondary N) is 2. The summed E-state index contributed by atoms with van der Waals surface area (Å²) >= 11 is 0. The quantitative estimate of drug-likeness (QED) is 0.876. The van der Waals surface area contributed by atoms with Crippen LogP contribution in [-0.2, 0) is 16.0 Å². The number of amides is 1. The number of hydrogen-bond acceptors (Lipinski definition) is 3. The number of carbonyl (C=O) groups is 1. The van der Waals surface area contributed by atoms with Gasteiger partial charge in [-0.1, -0.05) is 24.3 Å². The standard InChI is InChI=1S/C16H22N2O2/c1-16(10-17-11-16)20-9-15(19)18-14-8-4-6-12-5-2-3-7-13(12)14/h2-3,5,7,14,17H,4,6,8-11H2,1H3,(H,18,19). The van der Waals surface area contributed by atoms with Crippen molar-refractivity contribution in [3.63, 3.8) is 0 Å². The summed E-state index contributed by atoms with van der Waals surface area (Å²) in [4.78, 5) is 12.1. The molecule has 0 aromatic heterocycles. The number of ether oxygens (including phenoxy) is 1. The Labute approximate surface area is 119 Å². The van der Waals surface area contributed by atoms with E-state index < -0.39 is 0 Å². The highest BCUT2D eigenvalue weighted by molar-refractivity contribution is 5.77. The van der Waals surface area contributed by atoms with Gasteiger partial charge in [-0.25, -0.2) is 0 Å². The zero-order valence-corrected chi connectivity index (χ0v) is 11.9. The maximum atomic E-state index is 12.1. The third-order valence-corrected chi connectivity index (χ3v) is 4.25. The molecule has 0 spiro atoms. The van der Waals surface area contributed by atoms with Crippen LogP contribution >= 0.6 is 0 Å². The van der Waals surface area contributed by atoms with Gasteiger partial charge < -0.3 is 15.4 Å². The molecule has 2 aliphatic rings. The summed E-state index contributed by atoms with van der Waals surface area (Å²) in [5.74, 6) is -0.0140. The first-order chi connectivity index (χ1) is 9.66. The molecule has 108 valence electrons. The molecular formula is C16H22N2O2. The number of fused-ring (bicyclic) bond motifs is 1. The van der Waals surface area contributed by atoms with Crippen LogP contribution < -0.4 is 10.6 Å². The monoisotopic (exact) mass is 274 g/mol. The molecule has 20 heavy (non-hydrogen) atoms. The van der Waals surface area contributed by atoms with E-state index in [0.717, 1.165) is 32.4 Å². The van der Waals surface area contributed by atoms with Gasteiger partial charge in [0.2, 0.25) is 5.91 Å². The number of rotatable bonds is 4. The fourth-order valence-electron chi connectivity index (χ4n) is 2.96. The van der Waals surface area contributed by atoms with Crippen molar-refractivity contribution in [1.82, 2.24) is 10.6 Å². The molecule has 3 rings (SSSR count). The lowest BCUT2D eigenvalue weighted by atomic mass is 9.88. The molecule has 1 heterocycles. The summed E-state index contributed by atoms with van der Waals surface area (Å²) in [7, 11) is 0. The maximum absolute atomic E-state index is 12.1. The second-order valence-electron chi connectivity index (χ2n) is 6.05.